The summed E-state index contributed by atoms with van der Waals surface area (Å²) in [5.74, 6) is 1.98. The Morgan fingerprint density at radius 3 is 3.00 bits per heavy atom. The summed E-state index contributed by atoms with van der Waals surface area (Å²) in [5.41, 5.74) is 3.57. The maximum atomic E-state index is 5.52. The van der Waals surface area contributed by atoms with Crippen LogP contribution in [-0.2, 0) is 20.0 Å². The molecule has 0 amide bonds. The van der Waals surface area contributed by atoms with Crippen LogP contribution in [0.3, 0.4) is 0 Å². The second kappa shape index (κ2) is 5.07. The van der Waals surface area contributed by atoms with E-state index in [1.54, 1.807) is 0 Å². The molecule has 0 atom stereocenters. The molecular weight excluding hydrogens is 252 g/mol. The molecule has 0 aliphatic carbocycles. The lowest BCUT2D eigenvalue weighted by Crippen LogP contribution is -2.15. The fraction of sp³-hybridized carbons (Fsp3) is 0.400. The van der Waals surface area contributed by atoms with Crippen LogP contribution in [0.4, 0.5) is 11.6 Å². The Morgan fingerprint density at radius 1 is 1.40 bits per heavy atom. The molecule has 0 spiro atoms. The molecule has 0 unspecified atom stereocenters. The Bertz CT molecular complexity index is 618. The highest BCUT2D eigenvalue weighted by Gasteiger charge is 2.12. The average Bonchev–Trinajstić information content (AvgIpc) is 3.02. The van der Waals surface area contributed by atoms with Crippen molar-refractivity contribution in [1.82, 2.24) is 9.55 Å². The van der Waals surface area contributed by atoms with Crippen molar-refractivity contribution in [3.05, 3.63) is 35.7 Å². The van der Waals surface area contributed by atoms with Crippen molar-refractivity contribution < 1.29 is 4.74 Å². The van der Waals surface area contributed by atoms with Gasteiger partial charge in [-0.1, -0.05) is 0 Å². The van der Waals surface area contributed by atoms with Crippen molar-refractivity contribution in [2.24, 2.45) is 7.05 Å². The molecule has 2 heterocycles. The quantitative estimate of drug-likeness (QED) is 0.925. The van der Waals surface area contributed by atoms with E-state index < -0.39 is 0 Å². The second-order valence-electron chi connectivity index (χ2n) is 5.28. The van der Waals surface area contributed by atoms with Crippen molar-refractivity contribution in [2.75, 3.05) is 30.9 Å². The van der Waals surface area contributed by atoms with Crippen LogP contribution in [0, 0.1) is 0 Å². The number of benzene rings is 1. The summed E-state index contributed by atoms with van der Waals surface area (Å²) in [6.07, 6.45) is 2.92. The molecule has 0 fully saturated rings. The SMILES string of the molecule is CN(C)c1ncc(CNc2ccc3c(c2)CCO3)n1C. The first-order valence-corrected chi connectivity index (χ1v) is 6.82. The molecule has 1 aliphatic heterocycles. The smallest absolute Gasteiger partial charge is 0.204 e. The molecule has 0 saturated carbocycles. The van der Waals surface area contributed by atoms with Gasteiger partial charge in [-0.05, 0) is 23.8 Å². The summed E-state index contributed by atoms with van der Waals surface area (Å²) in [7, 11) is 6.04. The molecule has 5 nitrogen and oxygen atoms in total. The molecule has 1 N–H and O–H groups in total. The van der Waals surface area contributed by atoms with E-state index in [4.69, 9.17) is 4.74 Å². The van der Waals surface area contributed by atoms with E-state index in [1.807, 2.05) is 38.3 Å². The number of ether oxygens (including phenoxy) is 1. The van der Waals surface area contributed by atoms with Gasteiger partial charge in [-0.2, -0.15) is 0 Å². The lowest BCUT2D eigenvalue weighted by molar-refractivity contribution is 0.357. The number of rotatable bonds is 4. The number of fused-ring (bicyclic) bond motifs is 1. The van der Waals surface area contributed by atoms with Crippen LogP contribution in [0.5, 0.6) is 5.75 Å². The fourth-order valence-corrected chi connectivity index (χ4v) is 2.50. The monoisotopic (exact) mass is 272 g/mol. The van der Waals surface area contributed by atoms with Crippen molar-refractivity contribution >= 4 is 11.6 Å². The largest absolute Gasteiger partial charge is 0.493 e. The summed E-state index contributed by atoms with van der Waals surface area (Å²) >= 11 is 0. The Kier molecular flexibility index (Phi) is 3.26. The molecule has 0 saturated heterocycles. The normalized spacial score (nSPS) is 12.9. The maximum Gasteiger partial charge on any atom is 0.204 e. The predicted molar refractivity (Wildman–Crippen MR) is 80.5 cm³/mol. The zero-order valence-corrected chi connectivity index (χ0v) is 12.2. The van der Waals surface area contributed by atoms with Crippen LogP contribution in [0.1, 0.15) is 11.3 Å². The Labute approximate surface area is 119 Å². The van der Waals surface area contributed by atoms with Gasteiger partial charge in [0.15, 0.2) is 0 Å². The van der Waals surface area contributed by atoms with E-state index in [0.717, 1.165) is 42.7 Å². The van der Waals surface area contributed by atoms with E-state index in [1.165, 1.54) is 5.56 Å². The molecule has 0 bridgehead atoms. The van der Waals surface area contributed by atoms with Crippen molar-refractivity contribution in [2.45, 2.75) is 13.0 Å². The van der Waals surface area contributed by atoms with E-state index in [2.05, 4.69) is 27.0 Å². The molecule has 3 rings (SSSR count). The van der Waals surface area contributed by atoms with Gasteiger partial charge in [-0.25, -0.2) is 4.98 Å². The van der Waals surface area contributed by atoms with Gasteiger partial charge in [0, 0.05) is 33.3 Å². The second-order valence-corrected chi connectivity index (χ2v) is 5.28. The number of hydrogen-bond donors (Lipinski definition) is 1. The minimum absolute atomic E-state index is 0.761. The van der Waals surface area contributed by atoms with Crippen LogP contribution in [0.2, 0.25) is 0 Å². The van der Waals surface area contributed by atoms with Gasteiger partial charge in [0.2, 0.25) is 5.95 Å². The Balaban J connectivity index is 1.70. The van der Waals surface area contributed by atoms with Gasteiger partial charge in [0.25, 0.3) is 0 Å². The van der Waals surface area contributed by atoms with E-state index >= 15 is 0 Å². The number of nitrogens with zero attached hydrogens (tertiary/aromatic N) is 3. The van der Waals surface area contributed by atoms with Crippen LogP contribution < -0.4 is 15.0 Å². The standard InChI is InChI=1S/C15H20N4O/c1-18(2)15-17-10-13(19(15)3)9-16-12-4-5-14-11(8-12)6-7-20-14/h4-5,8,10,16H,6-7,9H2,1-3H3. The van der Waals surface area contributed by atoms with Crippen LogP contribution in [0.15, 0.2) is 24.4 Å². The first-order chi connectivity index (χ1) is 9.65. The Morgan fingerprint density at radius 2 is 2.25 bits per heavy atom. The summed E-state index contributed by atoms with van der Waals surface area (Å²) in [4.78, 5) is 6.42. The molecule has 20 heavy (non-hydrogen) atoms. The van der Waals surface area contributed by atoms with Crippen LogP contribution in [-0.4, -0.2) is 30.3 Å². The van der Waals surface area contributed by atoms with Gasteiger partial charge in [-0.15, -0.1) is 0 Å². The molecule has 106 valence electrons. The third-order valence-electron chi connectivity index (χ3n) is 3.62. The maximum absolute atomic E-state index is 5.52. The number of nitrogens with one attached hydrogen (secondary N) is 1. The fourth-order valence-electron chi connectivity index (χ4n) is 2.50. The lowest BCUT2D eigenvalue weighted by Gasteiger charge is -2.13. The van der Waals surface area contributed by atoms with Gasteiger partial charge >= 0.3 is 0 Å². The highest BCUT2D eigenvalue weighted by Crippen LogP contribution is 2.28. The molecule has 1 aromatic carbocycles. The zero-order valence-electron chi connectivity index (χ0n) is 12.2. The predicted octanol–water partition coefficient (Wildman–Crippen LogP) is 2.03. The minimum Gasteiger partial charge on any atom is -0.493 e. The zero-order chi connectivity index (χ0) is 14.1. The van der Waals surface area contributed by atoms with E-state index in [0.29, 0.717) is 0 Å². The van der Waals surface area contributed by atoms with Gasteiger partial charge in [0.05, 0.1) is 25.0 Å². The van der Waals surface area contributed by atoms with Gasteiger partial charge in [0.1, 0.15) is 5.75 Å². The summed E-state index contributed by atoms with van der Waals surface area (Å²) < 4.78 is 7.62. The van der Waals surface area contributed by atoms with Crippen molar-refractivity contribution in [1.29, 1.82) is 0 Å². The molecule has 2 aromatic rings. The van der Waals surface area contributed by atoms with Crippen LogP contribution >= 0.6 is 0 Å². The highest BCUT2D eigenvalue weighted by molar-refractivity contribution is 5.52. The number of hydrogen-bond acceptors (Lipinski definition) is 4. The van der Waals surface area contributed by atoms with Gasteiger partial charge < -0.3 is 19.5 Å². The summed E-state index contributed by atoms with van der Waals surface area (Å²) in [5, 5.41) is 3.45. The Hall–Kier alpha value is -2.17. The third kappa shape index (κ3) is 2.31. The van der Waals surface area contributed by atoms with E-state index in [9.17, 15) is 0 Å². The average molecular weight is 272 g/mol. The van der Waals surface area contributed by atoms with Crippen LogP contribution in [0.25, 0.3) is 0 Å². The molecular formula is C15H20N4O. The van der Waals surface area contributed by atoms with Gasteiger partial charge in [-0.3, -0.25) is 0 Å². The first-order valence-electron chi connectivity index (χ1n) is 6.82. The number of imidazole rings is 1. The third-order valence-corrected chi connectivity index (χ3v) is 3.62. The summed E-state index contributed by atoms with van der Waals surface area (Å²) in [6.45, 7) is 1.56. The number of aromatic nitrogens is 2. The topological polar surface area (TPSA) is 42.3 Å². The molecule has 1 aromatic heterocycles. The molecule has 1 aliphatic rings. The number of anilines is 2. The lowest BCUT2D eigenvalue weighted by atomic mass is 10.1. The van der Waals surface area contributed by atoms with E-state index in [-0.39, 0.29) is 0 Å². The molecule has 0 radical (unpaired) electrons. The minimum atomic E-state index is 0.761. The van der Waals surface area contributed by atoms with Crippen molar-refractivity contribution in [3.8, 4) is 5.75 Å². The molecule has 5 heteroatoms. The highest BCUT2D eigenvalue weighted by atomic mass is 16.5. The van der Waals surface area contributed by atoms with Crippen molar-refractivity contribution in [3.63, 3.8) is 0 Å². The first kappa shape index (κ1) is 12.8. The summed E-state index contributed by atoms with van der Waals surface area (Å²) in [6, 6.07) is 6.28.